The average Bonchev–Trinajstić information content (AvgIpc) is 2.65. The van der Waals surface area contributed by atoms with Crippen molar-refractivity contribution in [1.29, 1.82) is 0 Å². The van der Waals surface area contributed by atoms with Crippen LogP contribution in [-0.4, -0.2) is 27.2 Å². The van der Waals surface area contributed by atoms with E-state index in [2.05, 4.69) is 5.32 Å². The van der Waals surface area contributed by atoms with Gasteiger partial charge in [-0.2, -0.15) is 0 Å². The van der Waals surface area contributed by atoms with E-state index in [1.807, 2.05) is 31.2 Å². The summed E-state index contributed by atoms with van der Waals surface area (Å²) in [6.07, 6.45) is 3.28. The predicted molar refractivity (Wildman–Crippen MR) is 98.2 cm³/mol. The van der Waals surface area contributed by atoms with Crippen molar-refractivity contribution in [3.05, 3.63) is 59.2 Å². The van der Waals surface area contributed by atoms with Gasteiger partial charge in [-0.05, 0) is 18.6 Å². The van der Waals surface area contributed by atoms with Crippen LogP contribution in [0.1, 0.15) is 16.7 Å². The Morgan fingerprint density at radius 1 is 1.00 bits per heavy atom. The number of ether oxygens (including phenoxy) is 3. The first kappa shape index (κ1) is 18.4. The smallest absolute Gasteiger partial charge is 0.244 e. The summed E-state index contributed by atoms with van der Waals surface area (Å²) < 4.78 is 16.0. The molecule has 0 saturated carbocycles. The van der Waals surface area contributed by atoms with Crippen molar-refractivity contribution in [2.75, 3.05) is 21.3 Å². The molecule has 0 aromatic heterocycles. The lowest BCUT2D eigenvalue weighted by molar-refractivity contribution is -0.116. The van der Waals surface area contributed by atoms with Crippen LogP contribution >= 0.6 is 0 Å². The van der Waals surface area contributed by atoms with Crippen LogP contribution in [0.5, 0.6) is 17.2 Å². The monoisotopic (exact) mass is 341 g/mol. The largest absolute Gasteiger partial charge is 0.496 e. The van der Waals surface area contributed by atoms with E-state index in [9.17, 15) is 4.79 Å². The molecule has 0 aliphatic heterocycles. The molecular weight excluding hydrogens is 318 g/mol. The first-order valence-corrected chi connectivity index (χ1v) is 7.89. The predicted octanol–water partition coefficient (Wildman–Crippen LogP) is 3.35. The van der Waals surface area contributed by atoms with E-state index in [0.717, 1.165) is 11.1 Å². The molecule has 0 heterocycles. The molecule has 1 N–H and O–H groups in total. The standard InChI is InChI=1S/C20H23NO4/c1-14-5-7-15(8-6-14)9-10-20(22)21-13-17-18(24-3)11-16(23-2)12-19(17)25-4/h5-12H,13H2,1-4H3,(H,21,22)/b10-9+. The van der Waals surface area contributed by atoms with Gasteiger partial charge in [0, 0.05) is 18.2 Å². The van der Waals surface area contributed by atoms with E-state index in [4.69, 9.17) is 14.2 Å². The summed E-state index contributed by atoms with van der Waals surface area (Å²) in [7, 11) is 4.71. The highest BCUT2D eigenvalue weighted by Gasteiger charge is 2.13. The Hall–Kier alpha value is -2.95. The maximum Gasteiger partial charge on any atom is 0.244 e. The Bertz CT molecular complexity index is 726. The molecule has 1 amide bonds. The SMILES string of the molecule is COc1cc(OC)c(CNC(=O)/C=C/c2ccc(C)cc2)c(OC)c1. The van der Waals surface area contributed by atoms with Gasteiger partial charge in [-0.3, -0.25) is 4.79 Å². The van der Waals surface area contributed by atoms with Crippen LogP contribution in [0.3, 0.4) is 0 Å². The second-order valence-electron chi connectivity index (χ2n) is 5.47. The number of hydrogen-bond donors (Lipinski definition) is 1. The van der Waals surface area contributed by atoms with Crippen LogP contribution in [0.25, 0.3) is 6.08 Å². The van der Waals surface area contributed by atoms with Gasteiger partial charge in [-0.25, -0.2) is 0 Å². The lowest BCUT2D eigenvalue weighted by Crippen LogP contribution is -2.21. The molecule has 2 aromatic carbocycles. The molecular formula is C20H23NO4. The van der Waals surface area contributed by atoms with Crippen LogP contribution in [0.15, 0.2) is 42.5 Å². The fourth-order valence-electron chi connectivity index (χ4n) is 2.34. The molecule has 0 aliphatic rings. The maximum absolute atomic E-state index is 12.1. The van der Waals surface area contributed by atoms with Gasteiger partial charge >= 0.3 is 0 Å². The summed E-state index contributed by atoms with van der Waals surface area (Å²) in [6.45, 7) is 2.31. The number of benzene rings is 2. The zero-order chi connectivity index (χ0) is 18.2. The molecule has 0 atom stereocenters. The van der Waals surface area contributed by atoms with Gasteiger partial charge in [0.2, 0.25) is 5.91 Å². The first-order chi connectivity index (χ1) is 12.1. The molecule has 132 valence electrons. The fraction of sp³-hybridized carbons (Fsp3) is 0.250. The van der Waals surface area contributed by atoms with E-state index in [0.29, 0.717) is 17.2 Å². The molecule has 2 rings (SSSR count). The topological polar surface area (TPSA) is 56.8 Å². The summed E-state index contributed by atoms with van der Waals surface area (Å²) in [6, 6.07) is 11.5. The quantitative estimate of drug-likeness (QED) is 0.785. The van der Waals surface area contributed by atoms with E-state index >= 15 is 0 Å². The van der Waals surface area contributed by atoms with Crippen LogP contribution in [0.2, 0.25) is 0 Å². The third-order valence-electron chi connectivity index (χ3n) is 3.76. The minimum atomic E-state index is -0.194. The van der Waals surface area contributed by atoms with Crippen molar-refractivity contribution in [3.8, 4) is 17.2 Å². The molecule has 5 nitrogen and oxygen atoms in total. The first-order valence-electron chi connectivity index (χ1n) is 7.89. The van der Waals surface area contributed by atoms with Gasteiger partial charge in [-0.1, -0.05) is 29.8 Å². The fourth-order valence-corrected chi connectivity index (χ4v) is 2.34. The number of aryl methyl sites for hydroxylation is 1. The number of rotatable bonds is 7. The molecule has 0 saturated heterocycles. The Balaban J connectivity index is 2.07. The lowest BCUT2D eigenvalue weighted by atomic mass is 10.1. The minimum absolute atomic E-state index is 0.194. The van der Waals surface area contributed by atoms with Crippen LogP contribution in [0.4, 0.5) is 0 Å². The van der Waals surface area contributed by atoms with Crippen molar-refractivity contribution in [1.82, 2.24) is 5.32 Å². The number of methoxy groups -OCH3 is 3. The Labute approximate surface area is 148 Å². The highest BCUT2D eigenvalue weighted by molar-refractivity contribution is 5.91. The zero-order valence-electron chi connectivity index (χ0n) is 15.0. The normalized spacial score (nSPS) is 10.6. The molecule has 0 radical (unpaired) electrons. The van der Waals surface area contributed by atoms with Crippen molar-refractivity contribution >= 4 is 12.0 Å². The van der Waals surface area contributed by atoms with Gasteiger partial charge < -0.3 is 19.5 Å². The van der Waals surface area contributed by atoms with E-state index in [-0.39, 0.29) is 12.5 Å². The number of hydrogen-bond acceptors (Lipinski definition) is 4. The summed E-state index contributed by atoms with van der Waals surface area (Å²) in [5, 5.41) is 2.84. The van der Waals surface area contributed by atoms with Gasteiger partial charge in [0.25, 0.3) is 0 Å². The summed E-state index contributed by atoms with van der Waals surface area (Å²) in [5.74, 6) is 1.63. The molecule has 2 aromatic rings. The van der Waals surface area contributed by atoms with E-state index in [1.54, 1.807) is 39.5 Å². The molecule has 25 heavy (non-hydrogen) atoms. The summed E-state index contributed by atoms with van der Waals surface area (Å²) >= 11 is 0. The van der Waals surface area contributed by atoms with E-state index in [1.165, 1.54) is 11.6 Å². The molecule has 0 fully saturated rings. The number of amides is 1. The second-order valence-corrected chi connectivity index (χ2v) is 5.47. The third-order valence-corrected chi connectivity index (χ3v) is 3.76. The van der Waals surface area contributed by atoms with Gasteiger partial charge in [0.05, 0.1) is 33.4 Å². The maximum atomic E-state index is 12.1. The van der Waals surface area contributed by atoms with Crippen LogP contribution < -0.4 is 19.5 Å². The minimum Gasteiger partial charge on any atom is -0.496 e. The number of carbonyl (C=O) groups is 1. The molecule has 5 heteroatoms. The molecule has 0 unspecified atom stereocenters. The summed E-state index contributed by atoms with van der Waals surface area (Å²) in [4.78, 5) is 12.1. The van der Waals surface area contributed by atoms with Crippen molar-refractivity contribution in [2.24, 2.45) is 0 Å². The van der Waals surface area contributed by atoms with Crippen molar-refractivity contribution < 1.29 is 19.0 Å². The van der Waals surface area contributed by atoms with Gasteiger partial charge in [0.1, 0.15) is 17.2 Å². The Morgan fingerprint density at radius 2 is 1.60 bits per heavy atom. The van der Waals surface area contributed by atoms with Crippen molar-refractivity contribution in [2.45, 2.75) is 13.5 Å². The Morgan fingerprint density at radius 3 is 2.12 bits per heavy atom. The third kappa shape index (κ3) is 5.01. The molecule has 0 aliphatic carbocycles. The second kappa shape index (κ2) is 8.78. The van der Waals surface area contributed by atoms with Gasteiger partial charge in [0.15, 0.2) is 0 Å². The molecule has 0 bridgehead atoms. The van der Waals surface area contributed by atoms with Crippen molar-refractivity contribution in [3.63, 3.8) is 0 Å². The van der Waals surface area contributed by atoms with E-state index < -0.39 is 0 Å². The average molecular weight is 341 g/mol. The number of carbonyl (C=O) groups excluding carboxylic acids is 1. The van der Waals surface area contributed by atoms with Gasteiger partial charge in [-0.15, -0.1) is 0 Å². The lowest BCUT2D eigenvalue weighted by Gasteiger charge is -2.15. The zero-order valence-corrected chi connectivity index (χ0v) is 15.0. The molecule has 0 spiro atoms. The van der Waals surface area contributed by atoms with Crippen LogP contribution in [-0.2, 0) is 11.3 Å². The van der Waals surface area contributed by atoms with Crippen LogP contribution in [0, 0.1) is 6.92 Å². The highest BCUT2D eigenvalue weighted by atomic mass is 16.5. The highest BCUT2D eigenvalue weighted by Crippen LogP contribution is 2.33. The Kier molecular flexibility index (Phi) is 6.46. The summed E-state index contributed by atoms with van der Waals surface area (Å²) in [5.41, 5.74) is 2.91. The number of nitrogens with one attached hydrogen (secondary N) is 1.